The fourth-order valence-electron chi connectivity index (χ4n) is 0.389. The van der Waals surface area contributed by atoms with E-state index in [1.807, 2.05) is 6.92 Å². The van der Waals surface area contributed by atoms with Gasteiger partial charge in [-0.25, -0.2) is 0 Å². The van der Waals surface area contributed by atoms with Crippen molar-refractivity contribution in [2.75, 3.05) is 6.61 Å². The molecule has 0 fully saturated rings. The van der Waals surface area contributed by atoms with Crippen molar-refractivity contribution in [1.29, 1.82) is 0 Å². The molecule has 0 unspecified atom stereocenters. The predicted octanol–water partition coefficient (Wildman–Crippen LogP) is 2.20. The summed E-state index contributed by atoms with van der Waals surface area (Å²) in [6, 6.07) is 0. The van der Waals surface area contributed by atoms with Gasteiger partial charge in [0.1, 0.15) is 6.61 Å². The lowest BCUT2D eigenvalue weighted by molar-refractivity contribution is 0.142. The Morgan fingerprint density at radius 2 is 2.22 bits per heavy atom. The van der Waals surface area contributed by atoms with Crippen molar-refractivity contribution in [3.8, 4) is 0 Å². The van der Waals surface area contributed by atoms with Crippen LogP contribution in [0.2, 0.25) is 0 Å². The fraction of sp³-hybridized carbons (Fsp3) is 0.857. The molecular weight excluding hydrogens is 114 g/mol. The summed E-state index contributed by atoms with van der Waals surface area (Å²) < 4.78 is 0. The Bertz CT molecular complexity index is 71.3. The predicted molar refractivity (Wildman–Crippen MR) is 39.6 cm³/mol. The lowest BCUT2D eigenvalue weighted by atomic mass is 10.4. The van der Waals surface area contributed by atoms with E-state index in [0.29, 0.717) is 0 Å². The van der Waals surface area contributed by atoms with E-state index in [1.165, 1.54) is 6.42 Å². The van der Waals surface area contributed by atoms with Crippen LogP contribution in [0.25, 0.3) is 0 Å². The summed E-state index contributed by atoms with van der Waals surface area (Å²) in [5.74, 6) is 0. The molecule has 0 aromatic carbocycles. The number of rotatable bonds is 5. The Hall–Kier alpha value is -0.530. The summed E-state index contributed by atoms with van der Waals surface area (Å²) in [7, 11) is 0. The lowest BCUT2D eigenvalue weighted by Gasteiger charge is -1.93. The van der Waals surface area contributed by atoms with Gasteiger partial charge in [0, 0.05) is 6.21 Å². The Labute approximate surface area is 56.9 Å². The number of hydrogen-bond acceptors (Lipinski definition) is 2. The first kappa shape index (κ1) is 8.47. The van der Waals surface area contributed by atoms with Crippen LogP contribution in [0.15, 0.2) is 5.16 Å². The van der Waals surface area contributed by atoms with E-state index in [9.17, 15) is 0 Å². The monoisotopic (exact) mass is 129 g/mol. The van der Waals surface area contributed by atoms with Crippen LogP contribution in [0.3, 0.4) is 0 Å². The van der Waals surface area contributed by atoms with E-state index < -0.39 is 0 Å². The molecule has 0 aliphatic heterocycles. The van der Waals surface area contributed by atoms with Gasteiger partial charge in [0.05, 0.1) is 0 Å². The highest BCUT2D eigenvalue weighted by Crippen LogP contribution is 1.87. The molecule has 0 atom stereocenters. The summed E-state index contributed by atoms with van der Waals surface area (Å²) in [6.07, 6.45) is 4.99. The number of nitrogens with zero attached hydrogens (tertiary/aromatic N) is 1. The number of unbranched alkanes of at least 4 members (excludes halogenated alkanes) is 1. The zero-order chi connectivity index (χ0) is 6.95. The Morgan fingerprint density at radius 3 is 2.78 bits per heavy atom. The summed E-state index contributed by atoms with van der Waals surface area (Å²) in [6.45, 7) is 4.92. The van der Waals surface area contributed by atoms with Crippen molar-refractivity contribution >= 4 is 6.21 Å². The molecule has 0 aromatic heterocycles. The van der Waals surface area contributed by atoms with Crippen molar-refractivity contribution in [2.24, 2.45) is 5.16 Å². The van der Waals surface area contributed by atoms with Gasteiger partial charge >= 0.3 is 0 Å². The van der Waals surface area contributed by atoms with Crippen molar-refractivity contribution in [1.82, 2.24) is 0 Å². The van der Waals surface area contributed by atoms with Crippen molar-refractivity contribution < 1.29 is 4.84 Å². The van der Waals surface area contributed by atoms with E-state index in [0.717, 1.165) is 19.4 Å². The Morgan fingerprint density at radius 1 is 1.44 bits per heavy atom. The number of oxime groups is 1. The van der Waals surface area contributed by atoms with Crippen molar-refractivity contribution in [2.45, 2.75) is 33.1 Å². The lowest BCUT2D eigenvalue weighted by Crippen LogP contribution is -1.85. The second-order valence-electron chi connectivity index (χ2n) is 1.88. The summed E-state index contributed by atoms with van der Waals surface area (Å²) in [5, 5.41) is 3.70. The third-order valence-corrected chi connectivity index (χ3v) is 0.921. The highest BCUT2D eigenvalue weighted by Gasteiger charge is 1.79. The van der Waals surface area contributed by atoms with Gasteiger partial charge in [0.2, 0.25) is 0 Å². The Kier molecular flexibility index (Phi) is 7.03. The first-order valence-corrected chi connectivity index (χ1v) is 3.55. The molecule has 0 saturated heterocycles. The van der Waals surface area contributed by atoms with Gasteiger partial charge in [-0.1, -0.05) is 25.4 Å². The molecule has 0 spiro atoms. The molecule has 0 saturated carbocycles. The summed E-state index contributed by atoms with van der Waals surface area (Å²) in [4.78, 5) is 4.88. The topological polar surface area (TPSA) is 21.6 Å². The normalized spacial score (nSPS) is 10.4. The standard InChI is InChI=1S/C7H15NO/c1-3-5-7-9-8-6-4-2/h6H,3-5,7H2,1-2H3. The van der Waals surface area contributed by atoms with Gasteiger partial charge in [-0.3, -0.25) is 0 Å². The van der Waals surface area contributed by atoms with Gasteiger partial charge in [-0.05, 0) is 12.8 Å². The van der Waals surface area contributed by atoms with Crippen LogP contribution in [0.4, 0.5) is 0 Å². The molecule has 9 heavy (non-hydrogen) atoms. The van der Waals surface area contributed by atoms with Crippen LogP contribution in [0.1, 0.15) is 33.1 Å². The molecule has 2 heteroatoms. The molecule has 0 heterocycles. The van der Waals surface area contributed by atoms with Gasteiger partial charge < -0.3 is 4.84 Å². The minimum atomic E-state index is 0.757. The highest BCUT2D eigenvalue weighted by atomic mass is 16.6. The molecule has 0 bridgehead atoms. The van der Waals surface area contributed by atoms with Crippen LogP contribution in [0.5, 0.6) is 0 Å². The molecule has 0 aliphatic carbocycles. The van der Waals surface area contributed by atoms with Crippen LogP contribution >= 0.6 is 0 Å². The smallest absolute Gasteiger partial charge is 0.117 e. The summed E-state index contributed by atoms with van der Waals surface area (Å²) in [5.41, 5.74) is 0. The maximum atomic E-state index is 4.88. The number of hydrogen-bond donors (Lipinski definition) is 0. The summed E-state index contributed by atoms with van der Waals surface area (Å²) >= 11 is 0. The van der Waals surface area contributed by atoms with Crippen molar-refractivity contribution in [3.63, 3.8) is 0 Å². The third kappa shape index (κ3) is 7.47. The van der Waals surface area contributed by atoms with Gasteiger partial charge in [-0.2, -0.15) is 0 Å². The largest absolute Gasteiger partial charge is 0.396 e. The first-order valence-electron chi connectivity index (χ1n) is 3.55. The highest BCUT2D eigenvalue weighted by molar-refractivity contribution is 5.55. The van der Waals surface area contributed by atoms with Crippen LogP contribution in [-0.4, -0.2) is 12.8 Å². The van der Waals surface area contributed by atoms with Crippen LogP contribution < -0.4 is 0 Å². The second-order valence-corrected chi connectivity index (χ2v) is 1.88. The zero-order valence-electron chi connectivity index (χ0n) is 6.26. The van der Waals surface area contributed by atoms with Gasteiger partial charge in [0.15, 0.2) is 0 Å². The van der Waals surface area contributed by atoms with Gasteiger partial charge in [0.25, 0.3) is 0 Å². The van der Waals surface area contributed by atoms with E-state index in [4.69, 9.17) is 4.84 Å². The SMILES string of the molecule is CCC=NOCCCC. The quantitative estimate of drug-likeness (QED) is 0.317. The fourth-order valence-corrected chi connectivity index (χ4v) is 0.389. The molecule has 0 aromatic rings. The molecule has 54 valence electrons. The van der Waals surface area contributed by atoms with E-state index in [2.05, 4.69) is 12.1 Å². The molecule has 0 radical (unpaired) electrons. The second kappa shape index (κ2) is 7.47. The third-order valence-electron chi connectivity index (χ3n) is 0.921. The van der Waals surface area contributed by atoms with E-state index >= 15 is 0 Å². The van der Waals surface area contributed by atoms with Crippen LogP contribution in [-0.2, 0) is 4.84 Å². The Balaban J connectivity index is 2.82. The van der Waals surface area contributed by atoms with Crippen molar-refractivity contribution in [3.05, 3.63) is 0 Å². The zero-order valence-corrected chi connectivity index (χ0v) is 6.26. The molecule has 0 aliphatic rings. The maximum Gasteiger partial charge on any atom is 0.117 e. The molecule has 2 nitrogen and oxygen atoms in total. The molecule has 0 amide bonds. The van der Waals surface area contributed by atoms with Gasteiger partial charge in [-0.15, -0.1) is 0 Å². The van der Waals surface area contributed by atoms with Crippen LogP contribution in [0, 0.1) is 0 Å². The average Bonchev–Trinajstić information content (AvgIpc) is 1.89. The molecular formula is C7H15NO. The first-order chi connectivity index (χ1) is 4.41. The van der Waals surface area contributed by atoms with E-state index in [-0.39, 0.29) is 0 Å². The average molecular weight is 129 g/mol. The van der Waals surface area contributed by atoms with E-state index in [1.54, 1.807) is 6.21 Å². The minimum Gasteiger partial charge on any atom is -0.396 e. The molecule has 0 rings (SSSR count). The molecule has 0 N–H and O–H groups in total. The maximum absolute atomic E-state index is 4.88. The minimum absolute atomic E-state index is 0.757.